The van der Waals surface area contributed by atoms with Crippen LogP contribution >= 0.6 is 11.8 Å². The average molecular weight is 356 g/mol. The van der Waals surface area contributed by atoms with Crippen molar-refractivity contribution in [1.82, 2.24) is 14.9 Å². The van der Waals surface area contributed by atoms with Gasteiger partial charge in [0.15, 0.2) is 5.16 Å². The highest BCUT2D eigenvalue weighted by atomic mass is 32.2. The number of carbonyl (C=O) groups excluding carboxylic acids is 1. The number of nitrogens with zero attached hydrogens (tertiary/aromatic N) is 2. The molecule has 1 fully saturated rings. The first-order chi connectivity index (χ1) is 11.6. The summed E-state index contributed by atoms with van der Waals surface area (Å²) < 4.78 is 13.2. The van der Waals surface area contributed by atoms with Crippen molar-refractivity contribution in [3.8, 4) is 0 Å². The molecule has 2 heterocycles. The van der Waals surface area contributed by atoms with Crippen molar-refractivity contribution >= 4 is 17.7 Å². The maximum Gasteiger partial charge on any atom is 0.230 e. The molecule has 0 aliphatic carbocycles. The molecule has 1 amide bonds. The summed E-state index contributed by atoms with van der Waals surface area (Å²) in [5, 5.41) is 3.83. The molecule has 0 unspecified atom stereocenters. The van der Waals surface area contributed by atoms with E-state index in [-0.39, 0.29) is 12.0 Å². The summed E-state index contributed by atoms with van der Waals surface area (Å²) in [5.74, 6) is 0.425. The predicted molar refractivity (Wildman–Crippen MR) is 95.5 cm³/mol. The maximum atomic E-state index is 12.0. The van der Waals surface area contributed by atoms with Gasteiger partial charge < -0.3 is 19.4 Å². The van der Waals surface area contributed by atoms with E-state index in [0.29, 0.717) is 18.9 Å². The standard InChI is InChI=1S/C17H29N3O3S/c1-4-22-9-6-8-18-16(21)12-24-17-19-13(2)14(3)20(17)11-15-7-5-10-23-15/h15H,4-12H2,1-3H3,(H,18,21)/t15-/m1/s1. The third kappa shape index (κ3) is 5.79. The average Bonchev–Trinajstić information content (AvgIpc) is 3.17. The first kappa shape index (κ1) is 19.3. The Bertz CT molecular complexity index is 527. The molecule has 0 spiro atoms. The number of rotatable bonds is 10. The Morgan fingerprint density at radius 2 is 2.33 bits per heavy atom. The van der Waals surface area contributed by atoms with Crippen LogP contribution in [0.4, 0.5) is 0 Å². The van der Waals surface area contributed by atoms with Gasteiger partial charge in [-0.3, -0.25) is 4.79 Å². The molecule has 136 valence electrons. The molecule has 0 bridgehead atoms. The zero-order chi connectivity index (χ0) is 17.4. The molecule has 2 rings (SSSR count). The van der Waals surface area contributed by atoms with Crippen molar-refractivity contribution in [2.75, 3.05) is 32.1 Å². The number of amides is 1. The molecule has 1 aromatic heterocycles. The van der Waals surface area contributed by atoms with Crippen LogP contribution in [0.5, 0.6) is 0 Å². The van der Waals surface area contributed by atoms with Crippen LogP contribution in [-0.2, 0) is 20.8 Å². The Morgan fingerprint density at radius 3 is 3.04 bits per heavy atom. The fourth-order valence-corrected chi connectivity index (χ4v) is 3.60. The van der Waals surface area contributed by atoms with Gasteiger partial charge in [-0.25, -0.2) is 4.98 Å². The number of nitrogens with one attached hydrogen (secondary N) is 1. The molecule has 24 heavy (non-hydrogen) atoms. The fraction of sp³-hybridized carbons (Fsp3) is 0.765. The molecular formula is C17H29N3O3S. The predicted octanol–water partition coefficient (Wildman–Crippen LogP) is 2.31. The van der Waals surface area contributed by atoms with Crippen LogP contribution < -0.4 is 5.32 Å². The van der Waals surface area contributed by atoms with E-state index in [0.717, 1.165) is 55.6 Å². The molecule has 0 radical (unpaired) electrons. The van der Waals surface area contributed by atoms with Crippen molar-refractivity contribution in [2.45, 2.75) is 57.8 Å². The molecule has 0 saturated carbocycles. The van der Waals surface area contributed by atoms with Gasteiger partial charge in [0, 0.05) is 32.1 Å². The minimum atomic E-state index is 0.0403. The lowest BCUT2D eigenvalue weighted by atomic mass is 10.2. The van der Waals surface area contributed by atoms with E-state index in [9.17, 15) is 4.79 Å². The van der Waals surface area contributed by atoms with Crippen LogP contribution in [0.3, 0.4) is 0 Å². The topological polar surface area (TPSA) is 65.4 Å². The van der Waals surface area contributed by atoms with Gasteiger partial charge in [-0.1, -0.05) is 11.8 Å². The summed E-state index contributed by atoms with van der Waals surface area (Å²) >= 11 is 1.49. The van der Waals surface area contributed by atoms with Crippen LogP contribution in [0.15, 0.2) is 5.16 Å². The van der Waals surface area contributed by atoms with Gasteiger partial charge in [-0.05, 0) is 40.0 Å². The minimum absolute atomic E-state index is 0.0403. The molecular weight excluding hydrogens is 326 g/mol. The van der Waals surface area contributed by atoms with Crippen molar-refractivity contribution in [1.29, 1.82) is 0 Å². The van der Waals surface area contributed by atoms with E-state index in [2.05, 4.69) is 21.8 Å². The molecule has 1 saturated heterocycles. The first-order valence-corrected chi connectivity index (χ1v) is 9.73. The lowest BCUT2D eigenvalue weighted by molar-refractivity contribution is -0.118. The Hall–Kier alpha value is -1.05. The van der Waals surface area contributed by atoms with Gasteiger partial charge in [0.2, 0.25) is 5.91 Å². The molecule has 1 aliphatic rings. The van der Waals surface area contributed by atoms with Gasteiger partial charge in [-0.2, -0.15) is 0 Å². The van der Waals surface area contributed by atoms with Crippen molar-refractivity contribution in [3.05, 3.63) is 11.4 Å². The number of thioether (sulfide) groups is 1. The van der Waals surface area contributed by atoms with Crippen LogP contribution in [0.25, 0.3) is 0 Å². The number of hydrogen-bond acceptors (Lipinski definition) is 5. The number of imidazole rings is 1. The molecule has 0 aromatic carbocycles. The van der Waals surface area contributed by atoms with E-state index in [4.69, 9.17) is 9.47 Å². The highest BCUT2D eigenvalue weighted by Crippen LogP contribution is 2.24. The number of aryl methyl sites for hydroxylation is 1. The third-order valence-corrected chi connectivity index (χ3v) is 5.13. The normalized spacial score (nSPS) is 17.4. The summed E-state index contributed by atoms with van der Waals surface area (Å²) in [4.78, 5) is 16.6. The SMILES string of the molecule is CCOCCCNC(=O)CSc1nc(C)c(C)n1C[C@H]1CCCO1. The second-order valence-corrected chi connectivity index (χ2v) is 6.94. The van der Waals surface area contributed by atoms with E-state index < -0.39 is 0 Å². The van der Waals surface area contributed by atoms with Crippen LogP contribution in [0.2, 0.25) is 0 Å². The lowest BCUT2D eigenvalue weighted by Gasteiger charge is -2.14. The Balaban J connectivity index is 1.80. The molecule has 1 N–H and O–H groups in total. The lowest BCUT2D eigenvalue weighted by Crippen LogP contribution is -2.27. The second-order valence-electron chi connectivity index (χ2n) is 6.00. The van der Waals surface area contributed by atoms with Gasteiger partial charge in [0.25, 0.3) is 0 Å². The highest BCUT2D eigenvalue weighted by molar-refractivity contribution is 7.99. The Morgan fingerprint density at radius 1 is 1.50 bits per heavy atom. The van der Waals surface area contributed by atoms with E-state index in [1.165, 1.54) is 11.8 Å². The number of aromatic nitrogens is 2. The van der Waals surface area contributed by atoms with Gasteiger partial charge in [-0.15, -0.1) is 0 Å². The van der Waals surface area contributed by atoms with Gasteiger partial charge in [0.05, 0.1) is 24.1 Å². The van der Waals surface area contributed by atoms with Gasteiger partial charge in [0.1, 0.15) is 0 Å². The number of carbonyl (C=O) groups is 1. The smallest absolute Gasteiger partial charge is 0.230 e. The second kappa shape index (κ2) is 10.1. The molecule has 1 aromatic rings. The highest BCUT2D eigenvalue weighted by Gasteiger charge is 2.20. The third-order valence-electron chi connectivity index (χ3n) is 4.16. The maximum absolute atomic E-state index is 12.0. The Labute approximate surface area is 148 Å². The van der Waals surface area contributed by atoms with Crippen LogP contribution in [0.1, 0.15) is 37.6 Å². The van der Waals surface area contributed by atoms with E-state index in [1.807, 2.05) is 13.8 Å². The monoisotopic (exact) mass is 355 g/mol. The number of ether oxygens (including phenoxy) is 2. The minimum Gasteiger partial charge on any atom is -0.382 e. The van der Waals surface area contributed by atoms with Crippen LogP contribution in [0, 0.1) is 13.8 Å². The molecule has 6 nitrogen and oxygen atoms in total. The summed E-state index contributed by atoms with van der Waals surface area (Å²) in [6.45, 7) is 9.80. The molecule has 1 atom stereocenters. The van der Waals surface area contributed by atoms with Crippen molar-refractivity contribution in [3.63, 3.8) is 0 Å². The summed E-state index contributed by atoms with van der Waals surface area (Å²) in [6.07, 6.45) is 3.34. The largest absolute Gasteiger partial charge is 0.382 e. The Kier molecular flexibility index (Phi) is 8.08. The van der Waals surface area contributed by atoms with Crippen molar-refractivity contribution in [2.24, 2.45) is 0 Å². The van der Waals surface area contributed by atoms with Crippen LogP contribution in [-0.4, -0.2) is 53.7 Å². The van der Waals surface area contributed by atoms with E-state index >= 15 is 0 Å². The zero-order valence-electron chi connectivity index (χ0n) is 15.0. The molecule has 1 aliphatic heterocycles. The summed E-state index contributed by atoms with van der Waals surface area (Å²) in [7, 11) is 0. The zero-order valence-corrected chi connectivity index (χ0v) is 15.8. The number of hydrogen-bond donors (Lipinski definition) is 1. The quantitative estimate of drug-likeness (QED) is 0.515. The summed E-state index contributed by atoms with van der Waals surface area (Å²) in [5.41, 5.74) is 2.18. The summed E-state index contributed by atoms with van der Waals surface area (Å²) in [6, 6.07) is 0. The molecule has 7 heteroatoms. The fourth-order valence-electron chi connectivity index (χ4n) is 2.67. The first-order valence-electron chi connectivity index (χ1n) is 8.74. The van der Waals surface area contributed by atoms with Gasteiger partial charge >= 0.3 is 0 Å². The van der Waals surface area contributed by atoms with E-state index in [1.54, 1.807) is 0 Å². The van der Waals surface area contributed by atoms with Crippen molar-refractivity contribution < 1.29 is 14.3 Å².